The number of pyridine rings is 1. The molecule has 154 valence electrons. The molecule has 2 aliphatic rings. The van der Waals surface area contributed by atoms with Crippen LogP contribution in [0.1, 0.15) is 33.6 Å². The third kappa shape index (κ3) is 3.33. The summed E-state index contributed by atoms with van der Waals surface area (Å²) in [5, 5.41) is 0. The zero-order valence-corrected chi connectivity index (χ0v) is 17.0. The molecule has 5 heterocycles. The van der Waals surface area contributed by atoms with Gasteiger partial charge in [-0.3, -0.25) is 9.78 Å². The van der Waals surface area contributed by atoms with E-state index in [4.69, 9.17) is 10.5 Å². The fourth-order valence-electron chi connectivity index (χ4n) is 4.20. The molecule has 0 aliphatic carbocycles. The maximum Gasteiger partial charge on any atom is 0.255 e. The Labute approximate surface area is 176 Å². The Bertz CT molecular complexity index is 1090. The average molecular weight is 425 g/mol. The second kappa shape index (κ2) is 7.41. The zero-order chi connectivity index (χ0) is 20.7. The van der Waals surface area contributed by atoms with Crippen LogP contribution in [0.2, 0.25) is 0 Å². The van der Waals surface area contributed by atoms with Gasteiger partial charge in [-0.2, -0.15) is 0 Å². The number of thiophene rings is 1. The number of hydrogen-bond donors (Lipinski definition) is 1. The number of amides is 1. The number of ether oxygens (including phenoxy) is 1. The van der Waals surface area contributed by atoms with Crippen LogP contribution in [0.5, 0.6) is 0 Å². The molecule has 0 unspecified atom stereocenters. The molecule has 1 fully saturated rings. The van der Waals surface area contributed by atoms with E-state index in [9.17, 15) is 9.18 Å². The largest absolute Gasteiger partial charge is 0.382 e. The molecule has 0 radical (unpaired) electrons. The van der Waals surface area contributed by atoms with Crippen LogP contribution in [0, 0.1) is 5.82 Å². The summed E-state index contributed by atoms with van der Waals surface area (Å²) in [6.07, 6.45) is 8.00. The van der Waals surface area contributed by atoms with Gasteiger partial charge in [-0.1, -0.05) is 0 Å². The van der Waals surface area contributed by atoms with Gasteiger partial charge in [-0.25, -0.2) is 14.4 Å². The molecule has 1 saturated heterocycles. The predicted molar refractivity (Wildman–Crippen MR) is 110 cm³/mol. The number of nitrogen functional groups attached to an aromatic ring is 1. The van der Waals surface area contributed by atoms with Crippen molar-refractivity contribution >= 4 is 23.1 Å². The molecule has 7 nitrogen and oxygen atoms in total. The summed E-state index contributed by atoms with van der Waals surface area (Å²) in [7, 11) is 0. The maximum atomic E-state index is 13.4. The molecule has 1 spiro atoms. The van der Waals surface area contributed by atoms with Crippen LogP contribution in [0.3, 0.4) is 0 Å². The van der Waals surface area contributed by atoms with Crippen molar-refractivity contribution in [1.29, 1.82) is 0 Å². The van der Waals surface area contributed by atoms with E-state index in [1.165, 1.54) is 22.7 Å². The lowest BCUT2D eigenvalue weighted by atomic mass is 9.82. The molecule has 1 amide bonds. The number of rotatable bonds is 2. The van der Waals surface area contributed by atoms with Crippen LogP contribution in [-0.4, -0.2) is 45.5 Å². The van der Waals surface area contributed by atoms with E-state index in [0.29, 0.717) is 38.4 Å². The average Bonchev–Trinajstić information content (AvgIpc) is 3.20. The summed E-state index contributed by atoms with van der Waals surface area (Å²) in [6, 6.07) is 3.38. The van der Waals surface area contributed by atoms with Gasteiger partial charge in [0.25, 0.3) is 5.91 Å². The van der Waals surface area contributed by atoms with Gasteiger partial charge < -0.3 is 15.4 Å². The van der Waals surface area contributed by atoms with E-state index in [-0.39, 0.29) is 11.5 Å². The summed E-state index contributed by atoms with van der Waals surface area (Å²) < 4.78 is 19.7. The molecule has 5 rings (SSSR count). The molecule has 0 bridgehead atoms. The van der Waals surface area contributed by atoms with Crippen LogP contribution in [0.15, 0.2) is 36.9 Å². The Morgan fingerprint density at radius 1 is 1.17 bits per heavy atom. The van der Waals surface area contributed by atoms with E-state index >= 15 is 0 Å². The molecule has 2 aliphatic heterocycles. The first kappa shape index (κ1) is 19.1. The molecular formula is C21H20FN5O2S. The first-order chi connectivity index (χ1) is 14.5. The summed E-state index contributed by atoms with van der Waals surface area (Å²) in [6.45, 7) is 1.74. The number of likely N-dealkylation sites (tertiary alicyclic amines) is 1. The van der Waals surface area contributed by atoms with E-state index in [1.54, 1.807) is 28.6 Å². The molecule has 3 aromatic heterocycles. The van der Waals surface area contributed by atoms with Gasteiger partial charge >= 0.3 is 0 Å². The molecule has 30 heavy (non-hydrogen) atoms. The van der Waals surface area contributed by atoms with Crippen LogP contribution < -0.4 is 5.73 Å². The van der Waals surface area contributed by atoms with Gasteiger partial charge in [0.05, 0.1) is 46.9 Å². The number of halogens is 1. The molecule has 3 aromatic rings. The first-order valence-electron chi connectivity index (χ1n) is 9.79. The van der Waals surface area contributed by atoms with Gasteiger partial charge in [0.15, 0.2) is 0 Å². The van der Waals surface area contributed by atoms with Crippen molar-refractivity contribution in [3.05, 3.63) is 58.7 Å². The van der Waals surface area contributed by atoms with Crippen molar-refractivity contribution in [3.63, 3.8) is 0 Å². The lowest BCUT2D eigenvalue weighted by Gasteiger charge is -2.44. The topological polar surface area (TPSA) is 94.2 Å². The van der Waals surface area contributed by atoms with Gasteiger partial charge in [0.1, 0.15) is 11.6 Å². The van der Waals surface area contributed by atoms with Crippen molar-refractivity contribution < 1.29 is 13.9 Å². The highest BCUT2D eigenvalue weighted by Gasteiger charge is 2.43. The van der Waals surface area contributed by atoms with E-state index in [0.717, 1.165) is 23.2 Å². The maximum absolute atomic E-state index is 13.4. The minimum absolute atomic E-state index is 0.198. The lowest BCUT2D eigenvalue weighted by molar-refractivity contribution is -0.0926. The van der Waals surface area contributed by atoms with Crippen molar-refractivity contribution in [2.45, 2.75) is 24.9 Å². The van der Waals surface area contributed by atoms with Crippen molar-refractivity contribution in [3.8, 4) is 10.6 Å². The highest BCUT2D eigenvalue weighted by molar-refractivity contribution is 7.15. The van der Waals surface area contributed by atoms with Crippen LogP contribution in [0.25, 0.3) is 10.6 Å². The fourth-order valence-corrected chi connectivity index (χ4v) is 5.40. The number of hydrogen-bond acceptors (Lipinski definition) is 7. The van der Waals surface area contributed by atoms with Crippen LogP contribution in [-0.2, 0) is 16.8 Å². The van der Waals surface area contributed by atoms with E-state index in [1.807, 2.05) is 0 Å². The van der Waals surface area contributed by atoms with Gasteiger partial charge in [-0.05, 0) is 30.5 Å². The fraction of sp³-hybridized carbons (Fsp3) is 0.333. The molecule has 0 atom stereocenters. The molecule has 9 heteroatoms. The summed E-state index contributed by atoms with van der Waals surface area (Å²) in [5.74, 6) is -0.312. The number of anilines is 1. The number of aromatic nitrogens is 3. The Kier molecular flexibility index (Phi) is 4.71. The molecular weight excluding hydrogens is 405 g/mol. The minimum Gasteiger partial charge on any atom is -0.382 e. The normalized spacial score (nSPS) is 17.7. The van der Waals surface area contributed by atoms with Crippen LogP contribution in [0.4, 0.5) is 10.2 Å². The summed E-state index contributed by atoms with van der Waals surface area (Å²) in [4.78, 5) is 29.2. The van der Waals surface area contributed by atoms with Gasteiger partial charge in [0, 0.05) is 30.6 Å². The lowest BCUT2D eigenvalue weighted by Crippen LogP contribution is -2.48. The van der Waals surface area contributed by atoms with Crippen molar-refractivity contribution in [2.75, 3.05) is 25.4 Å². The Morgan fingerprint density at radius 3 is 2.73 bits per heavy atom. The first-order valence-corrected chi connectivity index (χ1v) is 10.6. The smallest absolute Gasteiger partial charge is 0.255 e. The minimum atomic E-state index is -0.508. The van der Waals surface area contributed by atoms with Crippen molar-refractivity contribution in [1.82, 2.24) is 19.9 Å². The molecule has 0 saturated carbocycles. The second-order valence-corrected chi connectivity index (χ2v) is 8.69. The second-order valence-electron chi connectivity index (χ2n) is 7.55. The third-order valence-electron chi connectivity index (χ3n) is 5.74. The van der Waals surface area contributed by atoms with E-state index < -0.39 is 11.4 Å². The Balaban J connectivity index is 1.37. The zero-order valence-electron chi connectivity index (χ0n) is 16.2. The number of nitrogens with two attached hydrogens (primary N) is 1. The number of nitrogens with zero attached hydrogens (tertiary/aromatic N) is 4. The molecule has 2 N–H and O–H groups in total. The Morgan fingerprint density at radius 2 is 2.00 bits per heavy atom. The highest BCUT2D eigenvalue weighted by Crippen LogP contribution is 2.46. The number of fused-ring (bicyclic) bond motifs is 2. The monoisotopic (exact) mass is 425 g/mol. The number of piperidine rings is 1. The van der Waals surface area contributed by atoms with Gasteiger partial charge in [-0.15, -0.1) is 11.3 Å². The quantitative estimate of drug-likeness (QED) is 0.678. The summed E-state index contributed by atoms with van der Waals surface area (Å²) >= 11 is 1.71. The van der Waals surface area contributed by atoms with Crippen molar-refractivity contribution in [2.24, 2.45) is 0 Å². The SMILES string of the molecule is Nc1cnc(-c2cc3c(s2)CCOC32CCN(C(=O)c3cncc(F)c3)CC2)cn1. The highest BCUT2D eigenvalue weighted by atomic mass is 32.1. The summed E-state index contributed by atoms with van der Waals surface area (Å²) in [5.41, 5.74) is 7.51. The number of carbonyl (C=O) groups is 1. The molecule has 0 aromatic carbocycles. The van der Waals surface area contributed by atoms with E-state index in [2.05, 4.69) is 21.0 Å². The third-order valence-corrected chi connectivity index (χ3v) is 6.96. The van der Waals surface area contributed by atoms with Crippen LogP contribution >= 0.6 is 11.3 Å². The standard InChI is InChI=1S/C21H20FN5O2S/c22-14-7-13(9-24-10-14)20(28)27-4-2-21(3-5-27)15-8-18(30-17(15)1-6-29-21)16-11-26-19(23)12-25-16/h7-12H,1-6H2,(H2,23,26). The predicted octanol–water partition coefficient (Wildman–Crippen LogP) is 3.03. The number of carbonyl (C=O) groups excluding carboxylic acids is 1. The Hall–Kier alpha value is -2.91. The van der Waals surface area contributed by atoms with Gasteiger partial charge in [0.2, 0.25) is 0 Å².